The van der Waals surface area contributed by atoms with Crippen LogP contribution in [0.1, 0.15) is 51.9 Å². The molecule has 2 aliphatic rings. The second-order valence-electron chi connectivity index (χ2n) is 5.84. The number of rotatable bonds is 1. The first-order chi connectivity index (χ1) is 7.70. The molecule has 0 N–H and O–H groups in total. The number of nitrogens with zero attached hydrogens (tertiary/aromatic N) is 1. The molecule has 2 aliphatic carbocycles. The molecule has 0 radical (unpaired) electrons. The lowest BCUT2D eigenvalue weighted by molar-refractivity contribution is 0.0669. The Morgan fingerprint density at radius 3 is 2.31 bits per heavy atom. The van der Waals surface area contributed by atoms with Gasteiger partial charge in [0.15, 0.2) is 0 Å². The van der Waals surface area contributed by atoms with Crippen molar-refractivity contribution in [2.45, 2.75) is 58.0 Å². The van der Waals surface area contributed by atoms with Gasteiger partial charge in [-0.2, -0.15) is 5.26 Å². The fraction of sp³-hybridized carbons (Fsp3) is 0.929. The summed E-state index contributed by atoms with van der Waals surface area (Å²) in [6.45, 7) is 2.16. The Hall–Kier alpha value is -0.580. The van der Waals surface area contributed by atoms with E-state index in [1.807, 2.05) is 0 Å². The highest BCUT2D eigenvalue weighted by Crippen LogP contribution is 2.42. The van der Waals surface area contributed by atoms with Crippen LogP contribution in [0.2, 0.25) is 0 Å². The third kappa shape index (κ3) is 2.56. The fourth-order valence-electron chi connectivity index (χ4n) is 3.54. The third-order valence-corrected chi connectivity index (χ3v) is 4.64. The molecule has 0 aromatic rings. The smallest absolute Gasteiger partial charge is 0.103 e. The van der Waals surface area contributed by atoms with Crippen molar-refractivity contribution in [2.75, 3.05) is 0 Å². The van der Waals surface area contributed by atoms with E-state index in [-0.39, 0.29) is 5.92 Å². The Kier molecular flexibility index (Phi) is 3.84. The predicted octanol–water partition coefficient (Wildman–Crippen LogP) is 4.09. The monoisotopic (exact) mass is 223 g/mol. The molecular weight excluding hydrogens is 201 g/mol. The molecule has 0 heterocycles. The van der Waals surface area contributed by atoms with Crippen LogP contribution in [0.25, 0.3) is 0 Å². The van der Waals surface area contributed by atoms with Crippen LogP contribution in [0.5, 0.6) is 0 Å². The maximum atomic E-state index is 14.0. The lowest BCUT2D eigenvalue weighted by Gasteiger charge is -2.38. The summed E-state index contributed by atoms with van der Waals surface area (Å²) in [5, 5.41) is 8.85. The van der Waals surface area contributed by atoms with E-state index in [1.165, 1.54) is 6.42 Å². The van der Waals surface area contributed by atoms with E-state index < -0.39 is 6.17 Å². The average Bonchev–Trinajstić information content (AvgIpc) is 2.29. The van der Waals surface area contributed by atoms with Gasteiger partial charge in [0, 0.05) is 5.92 Å². The molecule has 1 nitrogen and oxygen atoms in total. The van der Waals surface area contributed by atoms with Crippen molar-refractivity contribution in [1.29, 1.82) is 5.26 Å². The molecule has 0 aliphatic heterocycles. The van der Waals surface area contributed by atoms with Crippen LogP contribution in [-0.4, -0.2) is 6.17 Å². The van der Waals surface area contributed by atoms with E-state index in [4.69, 9.17) is 5.26 Å². The maximum absolute atomic E-state index is 14.0. The zero-order chi connectivity index (χ0) is 11.5. The predicted molar refractivity (Wildman–Crippen MR) is 62.5 cm³/mol. The number of hydrogen-bond donors (Lipinski definition) is 0. The van der Waals surface area contributed by atoms with Crippen molar-refractivity contribution < 1.29 is 4.39 Å². The van der Waals surface area contributed by atoms with Crippen LogP contribution < -0.4 is 0 Å². The summed E-state index contributed by atoms with van der Waals surface area (Å²) in [5.74, 6) is 1.68. The number of alkyl halides is 1. The quantitative estimate of drug-likeness (QED) is 0.656. The molecule has 0 amide bonds. The summed E-state index contributed by atoms with van der Waals surface area (Å²) < 4.78 is 14.0. The largest absolute Gasteiger partial charge is 0.247 e. The molecule has 16 heavy (non-hydrogen) atoms. The Labute approximate surface area is 98.0 Å². The van der Waals surface area contributed by atoms with Crippen LogP contribution in [0.4, 0.5) is 4.39 Å². The summed E-state index contributed by atoms with van der Waals surface area (Å²) in [6.07, 6.45) is 6.62. The van der Waals surface area contributed by atoms with Gasteiger partial charge in [0.1, 0.15) is 6.17 Å². The standard InChI is InChI=1S/C14H22FN/c1-10-2-7-13(14(15)8-10)12-5-3-11(9-16)4-6-12/h10-14H,2-8H2,1H3. The summed E-state index contributed by atoms with van der Waals surface area (Å²) in [4.78, 5) is 0. The van der Waals surface area contributed by atoms with Gasteiger partial charge in [-0.1, -0.05) is 13.3 Å². The molecule has 2 fully saturated rings. The maximum Gasteiger partial charge on any atom is 0.103 e. The van der Waals surface area contributed by atoms with E-state index in [9.17, 15) is 4.39 Å². The first-order valence-electron chi connectivity index (χ1n) is 6.74. The molecule has 3 unspecified atom stereocenters. The molecule has 0 bridgehead atoms. The van der Waals surface area contributed by atoms with Gasteiger partial charge in [-0.15, -0.1) is 0 Å². The lowest BCUT2D eigenvalue weighted by atomic mass is 9.69. The highest BCUT2D eigenvalue weighted by Gasteiger charge is 2.36. The van der Waals surface area contributed by atoms with Crippen LogP contribution in [0.15, 0.2) is 0 Å². The van der Waals surface area contributed by atoms with Crippen molar-refractivity contribution in [3.63, 3.8) is 0 Å². The molecule has 0 aromatic heterocycles. The van der Waals surface area contributed by atoms with E-state index >= 15 is 0 Å². The number of halogens is 1. The minimum Gasteiger partial charge on any atom is -0.247 e. The summed E-state index contributed by atoms with van der Waals surface area (Å²) >= 11 is 0. The van der Waals surface area contributed by atoms with Crippen LogP contribution in [-0.2, 0) is 0 Å². The molecule has 3 atom stereocenters. The topological polar surface area (TPSA) is 23.8 Å². The van der Waals surface area contributed by atoms with Gasteiger partial charge in [0.05, 0.1) is 6.07 Å². The molecule has 2 heteroatoms. The summed E-state index contributed by atoms with van der Waals surface area (Å²) in [6, 6.07) is 2.35. The van der Waals surface area contributed by atoms with E-state index in [0.29, 0.717) is 17.8 Å². The SMILES string of the molecule is CC1CCC(C2CCC(C#N)CC2)C(F)C1. The Bertz CT molecular complexity index is 262. The third-order valence-electron chi connectivity index (χ3n) is 4.64. The Balaban J connectivity index is 1.87. The normalized spacial score (nSPS) is 44.9. The molecule has 2 saturated carbocycles. The van der Waals surface area contributed by atoms with Crippen molar-refractivity contribution in [2.24, 2.45) is 23.7 Å². The highest BCUT2D eigenvalue weighted by atomic mass is 19.1. The molecule has 0 aromatic carbocycles. The van der Waals surface area contributed by atoms with Crippen molar-refractivity contribution in [3.05, 3.63) is 0 Å². The Morgan fingerprint density at radius 1 is 1.06 bits per heavy atom. The minimum absolute atomic E-state index is 0.247. The van der Waals surface area contributed by atoms with Gasteiger partial charge >= 0.3 is 0 Å². The second kappa shape index (κ2) is 5.17. The van der Waals surface area contributed by atoms with Crippen LogP contribution in [0, 0.1) is 35.0 Å². The summed E-state index contributed by atoms with van der Waals surface area (Å²) in [5.41, 5.74) is 0. The van der Waals surface area contributed by atoms with Crippen molar-refractivity contribution in [1.82, 2.24) is 0 Å². The van der Waals surface area contributed by atoms with Gasteiger partial charge in [0.2, 0.25) is 0 Å². The fourth-order valence-corrected chi connectivity index (χ4v) is 3.54. The van der Waals surface area contributed by atoms with E-state index in [2.05, 4.69) is 13.0 Å². The van der Waals surface area contributed by atoms with E-state index in [0.717, 1.165) is 38.5 Å². The minimum atomic E-state index is -0.576. The zero-order valence-electron chi connectivity index (χ0n) is 10.2. The number of nitriles is 1. The van der Waals surface area contributed by atoms with Crippen LogP contribution in [0.3, 0.4) is 0 Å². The van der Waals surface area contributed by atoms with Gasteiger partial charge < -0.3 is 0 Å². The molecule has 90 valence electrons. The Morgan fingerprint density at radius 2 is 1.75 bits per heavy atom. The van der Waals surface area contributed by atoms with Crippen LogP contribution >= 0.6 is 0 Å². The van der Waals surface area contributed by atoms with Gasteiger partial charge in [-0.3, -0.25) is 0 Å². The zero-order valence-corrected chi connectivity index (χ0v) is 10.2. The van der Waals surface area contributed by atoms with Gasteiger partial charge in [-0.05, 0) is 56.3 Å². The lowest BCUT2D eigenvalue weighted by Crippen LogP contribution is -2.33. The number of hydrogen-bond acceptors (Lipinski definition) is 1. The molecule has 0 saturated heterocycles. The van der Waals surface area contributed by atoms with Crippen molar-refractivity contribution >= 4 is 0 Å². The first-order valence-corrected chi connectivity index (χ1v) is 6.74. The van der Waals surface area contributed by atoms with Gasteiger partial charge in [0.25, 0.3) is 0 Å². The van der Waals surface area contributed by atoms with Crippen molar-refractivity contribution in [3.8, 4) is 6.07 Å². The molecular formula is C14H22FN. The molecule has 0 spiro atoms. The summed E-state index contributed by atoms with van der Waals surface area (Å²) in [7, 11) is 0. The van der Waals surface area contributed by atoms with Gasteiger partial charge in [-0.25, -0.2) is 4.39 Å². The van der Waals surface area contributed by atoms with E-state index in [1.54, 1.807) is 0 Å². The second-order valence-corrected chi connectivity index (χ2v) is 5.84. The first kappa shape index (κ1) is 11.9. The molecule has 2 rings (SSSR count). The highest BCUT2D eigenvalue weighted by molar-refractivity contribution is 4.91. The average molecular weight is 223 g/mol.